The molecule has 0 radical (unpaired) electrons. The minimum Gasteiger partial charge on any atom is -0.481 e. The number of fused-ring (bicyclic) bond motifs is 1. The van der Waals surface area contributed by atoms with Crippen LogP contribution < -0.4 is 10.1 Å². The first-order chi connectivity index (χ1) is 15.8. The van der Waals surface area contributed by atoms with Gasteiger partial charge in [0, 0.05) is 20.2 Å². The number of sulfonamides is 1. The molecule has 1 aromatic carbocycles. The Morgan fingerprint density at radius 2 is 1.85 bits per heavy atom. The quantitative estimate of drug-likeness (QED) is 0.509. The molecule has 4 rings (SSSR count). The number of pyridine rings is 1. The van der Waals surface area contributed by atoms with Gasteiger partial charge in [-0.25, -0.2) is 22.7 Å². The van der Waals surface area contributed by atoms with Crippen molar-refractivity contribution in [3.05, 3.63) is 42.0 Å². The van der Waals surface area contributed by atoms with Crippen LogP contribution in [0.1, 0.15) is 43.6 Å². The van der Waals surface area contributed by atoms with E-state index in [-0.39, 0.29) is 10.8 Å². The summed E-state index contributed by atoms with van der Waals surface area (Å²) in [5.74, 6) is 0.443. The molecule has 3 aromatic rings. The highest BCUT2D eigenvalue weighted by Crippen LogP contribution is 2.36. The average molecular weight is 489 g/mol. The summed E-state index contributed by atoms with van der Waals surface area (Å²) in [6, 6.07) is 10.2. The zero-order valence-electron chi connectivity index (χ0n) is 18.9. The second-order valence-corrected chi connectivity index (χ2v) is 11.6. The van der Waals surface area contributed by atoms with E-state index < -0.39 is 15.9 Å². The molecule has 1 amide bonds. The third-order valence-corrected chi connectivity index (χ3v) is 8.80. The van der Waals surface area contributed by atoms with Crippen molar-refractivity contribution in [2.75, 3.05) is 26.5 Å². The number of methoxy groups -OCH3 is 1. The molecular formula is C23H28N4O4S2. The van der Waals surface area contributed by atoms with Gasteiger partial charge in [-0.05, 0) is 36.1 Å². The second-order valence-electron chi connectivity index (χ2n) is 8.48. The van der Waals surface area contributed by atoms with Gasteiger partial charge < -0.3 is 10.1 Å². The second kappa shape index (κ2) is 9.74. The average Bonchev–Trinajstić information content (AvgIpc) is 3.46. The molecule has 176 valence electrons. The third kappa shape index (κ3) is 5.18. The van der Waals surface area contributed by atoms with E-state index in [1.807, 2.05) is 6.07 Å². The molecule has 0 saturated heterocycles. The van der Waals surface area contributed by atoms with Crippen LogP contribution in [0.4, 0.5) is 5.13 Å². The number of benzene rings is 1. The van der Waals surface area contributed by atoms with E-state index >= 15 is 0 Å². The van der Waals surface area contributed by atoms with Crippen LogP contribution in [-0.2, 0) is 14.8 Å². The lowest BCUT2D eigenvalue weighted by Crippen LogP contribution is -2.24. The Morgan fingerprint density at radius 1 is 1.15 bits per heavy atom. The van der Waals surface area contributed by atoms with Crippen LogP contribution in [0.2, 0.25) is 0 Å². The van der Waals surface area contributed by atoms with Gasteiger partial charge in [-0.2, -0.15) is 0 Å². The van der Waals surface area contributed by atoms with Crippen molar-refractivity contribution in [1.29, 1.82) is 0 Å². The van der Waals surface area contributed by atoms with Crippen LogP contribution in [0, 0.1) is 5.92 Å². The fourth-order valence-electron chi connectivity index (χ4n) is 4.22. The van der Waals surface area contributed by atoms with E-state index in [2.05, 4.69) is 15.3 Å². The van der Waals surface area contributed by atoms with Crippen molar-refractivity contribution < 1.29 is 17.9 Å². The fourth-order valence-corrected chi connectivity index (χ4v) is 5.95. The monoisotopic (exact) mass is 488 g/mol. The molecule has 1 atom stereocenters. The molecule has 1 fully saturated rings. The van der Waals surface area contributed by atoms with Gasteiger partial charge in [0.05, 0.1) is 17.9 Å². The lowest BCUT2D eigenvalue weighted by Gasteiger charge is -2.20. The molecular weight excluding hydrogens is 460 g/mol. The third-order valence-electron chi connectivity index (χ3n) is 6.09. The number of hydrogen-bond acceptors (Lipinski definition) is 7. The van der Waals surface area contributed by atoms with Crippen molar-refractivity contribution in [1.82, 2.24) is 14.3 Å². The largest absolute Gasteiger partial charge is 0.481 e. The molecule has 10 heteroatoms. The van der Waals surface area contributed by atoms with Crippen molar-refractivity contribution in [3.8, 4) is 5.88 Å². The van der Waals surface area contributed by atoms with Crippen molar-refractivity contribution in [3.63, 3.8) is 0 Å². The Balaban J connectivity index is 1.59. The Bertz CT molecular complexity index is 1230. The Kier molecular flexibility index (Phi) is 6.96. The Morgan fingerprint density at radius 3 is 2.48 bits per heavy atom. The maximum atomic E-state index is 13.4. The van der Waals surface area contributed by atoms with Crippen molar-refractivity contribution in [2.24, 2.45) is 5.92 Å². The lowest BCUT2D eigenvalue weighted by molar-refractivity contribution is -0.118. The number of thiazole rings is 1. The summed E-state index contributed by atoms with van der Waals surface area (Å²) in [7, 11) is 1.04. The maximum absolute atomic E-state index is 13.4. The number of nitrogens with zero attached hydrogens (tertiary/aromatic N) is 3. The van der Waals surface area contributed by atoms with Crippen LogP contribution in [0.25, 0.3) is 10.3 Å². The van der Waals surface area contributed by atoms with Gasteiger partial charge >= 0.3 is 0 Å². The molecule has 1 aliphatic rings. The maximum Gasteiger partial charge on any atom is 0.242 e. The Hall–Kier alpha value is -2.56. The molecule has 0 spiro atoms. The van der Waals surface area contributed by atoms with E-state index in [0.29, 0.717) is 27.3 Å². The first-order valence-corrected chi connectivity index (χ1v) is 13.2. The fraction of sp³-hybridized carbons (Fsp3) is 0.435. The zero-order valence-corrected chi connectivity index (χ0v) is 20.6. The van der Waals surface area contributed by atoms with Gasteiger partial charge in [-0.3, -0.25) is 4.79 Å². The van der Waals surface area contributed by atoms with Gasteiger partial charge in [-0.1, -0.05) is 49.2 Å². The molecule has 1 unspecified atom stereocenters. The van der Waals surface area contributed by atoms with Crippen LogP contribution >= 0.6 is 11.3 Å². The zero-order chi connectivity index (χ0) is 23.6. The van der Waals surface area contributed by atoms with E-state index in [1.54, 1.807) is 37.4 Å². The van der Waals surface area contributed by atoms with E-state index in [1.165, 1.54) is 42.6 Å². The molecule has 0 aliphatic heterocycles. The molecule has 8 nitrogen and oxygen atoms in total. The highest BCUT2D eigenvalue weighted by atomic mass is 32.2. The molecule has 0 bridgehead atoms. The number of rotatable bonds is 8. The molecule has 1 saturated carbocycles. The first-order valence-electron chi connectivity index (χ1n) is 10.9. The number of amides is 1. The standard InChI is InChI=1S/C23H28N4O4S2/c1-27(2)33(29,30)17-10-8-16(9-11-17)18(14-15-6-4-5-7-15)21(28)26-23-24-19-12-13-20(31-3)25-22(19)32-23/h8-13,15,18H,4-7,14H2,1-3H3,(H,24,26,28). The van der Waals surface area contributed by atoms with E-state index in [0.717, 1.165) is 24.8 Å². The summed E-state index contributed by atoms with van der Waals surface area (Å²) in [4.78, 5) is 23.1. The minimum atomic E-state index is -3.52. The number of ether oxygens (including phenoxy) is 1. The lowest BCUT2D eigenvalue weighted by atomic mass is 9.87. The van der Waals surface area contributed by atoms with Crippen molar-refractivity contribution in [2.45, 2.75) is 42.9 Å². The smallest absolute Gasteiger partial charge is 0.242 e. The van der Waals surface area contributed by atoms with Gasteiger partial charge in [0.25, 0.3) is 0 Å². The number of aromatic nitrogens is 2. The summed E-state index contributed by atoms with van der Waals surface area (Å²) in [5.41, 5.74) is 1.50. The van der Waals surface area contributed by atoms with Crippen LogP contribution in [0.15, 0.2) is 41.3 Å². The number of carbonyl (C=O) groups excluding carboxylic acids is 1. The molecule has 33 heavy (non-hydrogen) atoms. The number of nitrogens with one attached hydrogen (secondary N) is 1. The summed E-state index contributed by atoms with van der Waals surface area (Å²) in [6.07, 6.45) is 5.32. The topological polar surface area (TPSA) is 101 Å². The predicted molar refractivity (Wildman–Crippen MR) is 129 cm³/mol. The number of anilines is 1. The van der Waals surface area contributed by atoms with Crippen LogP contribution in [-0.4, -0.2) is 49.8 Å². The Labute approximate surface area is 198 Å². The van der Waals surface area contributed by atoms with E-state index in [9.17, 15) is 13.2 Å². The molecule has 2 aromatic heterocycles. The molecule has 1 aliphatic carbocycles. The molecule has 1 N–H and O–H groups in total. The van der Waals surface area contributed by atoms with Gasteiger partial charge in [-0.15, -0.1) is 0 Å². The number of carbonyl (C=O) groups is 1. The van der Waals surface area contributed by atoms with Gasteiger partial charge in [0.2, 0.25) is 21.8 Å². The van der Waals surface area contributed by atoms with Gasteiger partial charge in [0.1, 0.15) is 10.3 Å². The SMILES string of the molecule is COc1ccc2nc(NC(=O)C(CC3CCCC3)c3ccc(S(=O)(=O)N(C)C)cc3)sc2n1. The van der Waals surface area contributed by atoms with Gasteiger partial charge in [0.15, 0.2) is 5.13 Å². The molecule has 2 heterocycles. The summed E-state index contributed by atoms with van der Waals surface area (Å²) in [6.45, 7) is 0. The number of hydrogen-bond donors (Lipinski definition) is 1. The highest BCUT2D eigenvalue weighted by molar-refractivity contribution is 7.89. The highest BCUT2D eigenvalue weighted by Gasteiger charge is 2.28. The van der Waals surface area contributed by atoms with Crippen LogP contribution in [0.5, 0.6) is 5.88 Å². The predicted octanol–water partition coefficient (Wildman–Crippen LogP) is 4.25. The first kappa shape index (κ1) is 23.6. The van der Waals surface area contributed by atoms with Crippen molar-refractivity contribution >= 4 is 42.7 Å². The summed E-state index contributed by atoms with van der Waals surface area (Å²) in [5, 5.41) is 3.45. The van der Waals surface area contributed by atoms with Crippen LogP contribution in [0.3, 0.4) is 0 Å². The normalized spacial score (nSPS) is 15.8. The summed E-state index contributed by atoms with van der Waals surface area (Å²) >= 11 is 1.30. The summed E-state index contributed by atoms with van der Waals surface area (Å²) < 4.78 is 31.2. The minimum absolute atomic E-state index is 0.142. The van der Waals surface area contributed by atoms with E-state index in [4.69, 9.17) is 4.74 Å².